The third kappa shape index (κ3) is 8.61. The van der Waals surface area contributed by atoms with Crippen LogP contribution in [0.25, 0.3) is 10.9 Å². The summed E-state index contributed by atoms with van der Waals surface area (Å²) in [7, 11) is 1.67. The second kappa shape index (κ2) is 14.2. The lowest BCUT2D eigenvalue weighted by Gasteiger charge is -2.39. The van der Waals surface area contributed by atoms with Crippen molar-refractivity contribution in [1.82, 2.24) is 9.88 Å². The van der Waals surface area contributed by atoms with E-state index >= 15 is 0 Å². The van der Waals surface area contributed by atoms with E-state index in [2.05, 4.69) is 16.0 Å². The van der Waals surface area contributed by atoms with Gasteiger partial charge >= 0.3 is 12.1 Å². The van der Waals surface area contributed by atoms with Gasteiger partial charge in [0, 0.05) is 29.4 Å². The third-order valence-electron chi connectivity index (χ3n) is 7.83. The van der Waals surface area contributed by atoms with Crippen LogP contribution in [0.1, 0.15) is 49.7 Å². The zero-order valence-electron chi connectivity index (χ0n) is 22.8. The number of carbonyl (C=O) groups is 1. The van der Waals surface area contributed by atoms with Crippen molar-refractivity contribution >= 4 is 28.6 Å². The number of hydrogen-bond donors (Lipinski definition) is 1. The lowest BCUT2D eigenvalue weighted by molar-refractivity contribution is -0.138. The Hall–Kier alpha value is -2.78. The molecule has 2 atom stereocenters. The Bertz CT molecular complexity index is 1250. The lowest BCUT2D eigenvalue weighted by Crippen LogP contribution is -2.41. The van der Waals surface area contributed by atoms with Crippen LogP contribution in [0.2, 0.25) is 0 Å². The number of ether oxygens (including phenoxy) is 1. The highest BCUT2D eigenvalue weighted by Crippen LogP contribution is 2.33. The second-order valence-corrected chi connectivity index (χ2v) is 11.7. The number of carboxylic acid groups (broad SMARTS) is 1. The summed E-state index contributed by atoms with van der Waals surface area (Å²) in [6, 6.07) is 13.4. The molecule has 4 rings (SSSR count). The van der Waals surface area contributed by atoms with Crippen molar-refractivity contribution in [2.24, 2.45) is 11.8 Å². The quantitative estimate of drug-likeness (QED) is 0.168. The maximum Gasteiger partial charge on any atom is 0.416 e. The Morgan fingerprint density at radius 3 is 2.62 bits per heavy atom. The van der Waals surface area contributed by atoms with Crippen molar-refractivity contribution < 1.29 is 27.8 Å². The third-order valence-corrected chi connectivity index (χ3v) is 8.93. The molecule has 5 nitrogen and oxygen atoms in total. The number of piperidine rings is 1. The van der Waals surface area contributed by atoms with Crippen LogP contribution in [0.5, 0.6) is 5.75 Å². The normalized spacial score (nSPS) is 18.2. The van der Waals surface area contributed by atoms with Gasteiger partial charge in [-0.1, -0.05) is 0 Å². The lowest BCUT2D eigenvalue weighted by atomic mass is 9.79. The van der Waals surface area contributed by atoms with E-state index in [1.807, 2.05) is 24.4 Å². The predicted molar refractivity (Wildman–Crippen MR) is 153 cm³/mol. The first-order chi connectivity index (χ1) is 19.2. The van der Waals surface area contributed by atoms with Crippen molar-refractivity contribution in [1.29, 1.82) is 0 Å². The van der Waals surface area contributed by atoms with Gasteiger partial charge in [0.25, 0.3) is 0 Å². The van der Waals surface area contributed by atoms with Gasteiger partial charge in [-0.15, -0.1) is 11.8 Å². The number of alkyl halides is 3. The molecule has 0 unspecified atom stereocenters. The number of rotatable bonds is 13. The maximum absolute atomic E-state index is 12.8. The highest BCUT2D eigenvalue weighted by atomic mass is 32.2. The Labute approximate surface area is 238 Å². The number of benzene rings is 2. The van der Waals surface area contributed by atoms with Gasteiger partial charge in [0.05, 0.1) is 18.2 Å². The molecule has 1 N–H and O–H groups in total. The summed E-state index contributed by atoms with van der Waals surface area (Å²) in [5, 5.41) is 10.4. The number of pyridine rings is 1. The molecule has 2 heterocycles. The minimum Gasteiger partial charge on any atom is -0.497 e. The molecular formula is C31H37F3N2O3S. The van der Waals surface area contributed by atoms with E-state index < -0.39 is 17.7 Å². The van der Waals surface area contributed by atoms with E-state index in [-0.39, 0.29) is 6.42 Å². The molecule has 0 radical (unpaired) electrons. The molecule has 216 valence electrons. The summed E-state index contributed by atoms with van der Waals surface area (Å²) in [6.07, 6.45) is 3.45. The van der Waals surface area contributed by atoms with Gasteiger partial charge in [0.2, 0.25) is 0 Å². The van der Waals surface area contributed by atoms with E-state index in [1.165, 1.54) is 17.7 Å². The second-order valence-electron chi connectivity index (χ2n) is 10.5. The number of aryl methyl sites for hydroxylation is 1. The molecule has 9 heteroatoms. The standard InChI is InChI=1S/C31H37F3N2O3S/c1-39-26-9-12-29-28(20-26)23(14-16-35-29)5-2-4-22-15-18-36(21-24(22)6-13-30(37)38)17-3-19-40-27-10-7-25(8-11-27)31(32,33)34/h7-12,14,16,20,22,24H,2-6,13,15,17-19,21H2,1H3,(H,37,38)/t22-,24+/m1/s1. The summed E-state index contributed by atoms with van der Waals surface area (Å²) in [5.41, 5.74) is 1.60. The molecule has 40 heavy (non-hydrogen) atoms. The molecule has 2 aromatic carbocycles. The first kappa shape index (κ1) is 30.2. The van der Waals surface area contributed by atoms with Gasteiger partial charge in [-0.05, 0) is 123 Å². The average molecular weight is 575 g/mol. The predicted octanol–water partition coefficient (Wildman–Crippen LogP) is 7.57. The molecule has 1 aromatic heterocycles. The summed E-state index contributed by atoms with van der Waals surface area (Å²) in [6.45, 7) is 2.81. The molecule has 0 saturated carbocycles. The first-order valence-corrected chi connectivity index (χ1v) is 14.9. The summed E-state index contributed by atoms with van der Waals surface area (Å²) in [5.74, 6) is 1.75. The average Bonchev–Trinajstić information content (AvgIpc) is 2.94. The van der Waals surface area contributed by atoms with Crippen LogP contribution in [-0.4, -0.2) is 53.5 Å². The van der Waals surface area contributed by atoms with Crippen LogP contribution in [0.4, 0.5) is 13.2 Å². The number of hydrogen-bond acceptors (Lipinski definition) is 5. The number of aromatic nitrogens is 1. The van der Waals surface area contributed by atoms with E-state index in [0.29, 0.717) is 18.3 Å². The van der Waals surface area contributed by atoms with Gasteiger partial charge in [0.1, 0.15) is 5.75 Å². The van der Waals surface area contributed by atoms with E-state index in [0.717, 1.165) is 91.2 Å². The summed E-state index contributed by atoms with van der Waals surface area (Å²) in [4.78, 5) is 19.1. The monoisotopic (exact) mass is 574 g/mol. The Morgan fingerprint density at radius 2 is 1.90 bits per heavy atom. The van der Waals surface area contributed by atoms with Gasteiger partial charge < -0.3 is 14.7 Å². The van der Waals surface area contributed by atoms with Crippen LogP contribution in [0, 0.1) is 11.8 Å². The number of thioether (sulfide) groups is 1. The highest BCUT2D eigenvalue weighted by Gasteiger charge is 2.30. The van der Waals surface area contributed by atoms with Crippen LogP contribution in [0.15, 0.2) is 59.6 Å². The number of aliphatic carboxylic acids is 1. The summed E-state index contributed by atoms with van der Waals surface area (Å²) < 4.78 is 43.7. The fourth-order valence-corrected chi connectivity index (χ4v) is 6.51. The Kier molecular flexibility index (Phi) is 10.7. The molecule has 1 fully saturated rings. The van der Waals surface area contributed by atoms with Crippen molar-refractivity contribution in [3.63, 3.8) is 0 Å². The van der Waals surface area contributed by atoms with Crippen LogP contribution in [0.3, 0.4) is 0 Å². The molecule has 0 bridgehead atoms. The number of methoxy groups -OCH3 is 1. The van der Waals surface area contributed by atoms with E-state index in [1.54, 1.807) is 18.9 Å². The number of nitrogens with zero attached hydrogens (tertiary/aromatic N) is 2. The van der Waals surface area contributed by atoms with Crippen molar-refractivity contribution in [2.75, 3.05) is 32.5 Å². The van der Waals surface area contributed by atoms with Crippen molar-refractivity contribution in [3.8, 4) is 5.75 Å². The van der Waals surface area contributed by atoms with Gasteiger partial charge in [-0.25, -0.2) is 0 Å². The molecule has 1 aliphatic heterocycles. The zero-order chi connectivity index (χ0) is 28.5. The van der Waals surface area contributed by atoms with Gasteiger partial charge in [0.15, 0.2) is 0 Å². The van der Waals surface area contributed by atoms with Crippen molar-refractivity contribution in [3.05, 3.63) is 65.9 Å². The van der Waals surface area contributed by atoms with Crippen LogP contribution >= 0.6 is 11.8 Å². The Balaban J connectivity index is 1.26. The van der Waals surface area contributed by atoms with Gasteiger partial charge in [-0.3, -0.25) is 9.78 Å². The number of likely N-dealkylation sites (tertiary alicyclic amines) is 1. The largest absolute Gasteiger partial charge is 0.497 e. The maximum atomic E-state index is 12.8. The molecule has 1 aliphatic rings. The molecule has 1 saturated heterocycles. The summed E-state index contributed by atoms with van der Waals surface area (Å²) >= 11 is 1.57. The highest BCUT2D eigenvalue weighted by molar-refractivity contribution is 7.99. The minimum atomic E-state index is -4.31. The number of halogens is 3. The molecule has 3 aromatic rings. The van der Waals surface area contributed by atoms with Crippen LogP contribution in [-0.2, 0) is 17.4 Å². The SMILES string of the molecule is COc1ccc2nccc(CCC[C@@H]3CCN(CCCSc4ccc(C(F)(F)F)cc4)C[C@@H]3CCC(=O)O)c2c1. The topological polar surface area (TPSA) is 62.7 Å². The Morgan fingerprint density at radius 1 is 1.10 bits per heavy atom. The van der Waals surface area contributed by atoms with E-state index in [4.69, 9.17) is 4.74 Å². The smallest absolute Gasteiger partial charge is 0.416 e. The fraction of sp³-hybridized carbons (Fsp3) is 0.484. The molecular weight excluding hydrogens is 537 g/mol. The van der Waals surface area contributed by atoms with Crippen LogP contribution < -0.4 is 4.74 Å². The molecule has 0 amide bonds. The minimum absolute atomic E-state index is 0.188. The van der Waals surface area contributed by atoms with Crippen molar-refractivity contribution in [2.45, 2.75) is 56.0 Å². The van der Waals surface area contributed by atoms with E-state index in [9.17, 15) is 23.1 Å². The number of fused-ring (bicyclic) bond motifs is 1. The van der Waals surface area contributed by atoms with Gasteiger partial charge in [-0.2, -0.15) is 13.2 Å². The fourth-order valence-electron chi connectivity index (χ4n) is 5.68. The first-order valence-electron chi connectivity index (χ1n) is 13.9. The molecule has 0 spiro atoms. The number of carboxylic acids is 1. The zero-order valence-corrected chi connectivity index (χ0v) is 23.6. The molecule has 0 aliphatic carbocycles.